The third kappa shape index (κ3) is 48.0. The van der Waals surface area contributed by atoms with Gasteiger partial charge in [0, 0.05) is 12.8 Å². The van der Waals surface area contributed by atoms with Crippen LogP contribution in [-0.4, -0.2) is 95.0 Å². The number of ether oxygens (including phenoxy) is 2. The Hall–Kier alpha value is -3.04. The van der Waals surface area contributed by atoms with E-state index >= 15 is 0 Å². The number of unbranched alkanes of at least 4 members (excludes halogenated alkanes) is 11. The van der Waals surface area contributed by atoms with E-state index in [1.54, 1.807) is 0 Å². The number of phosphoric acid groups is 2. The monoisotopic (exact) mass is 1000 g/mol. The lowest BCUT2D eigenvalue weighted by atomic mass is 10.1. The zero-order valence-corrected chi connectivity index (χ0v) is 42.8. The van der Waals surface area contributed by atoms with Crippen molar-refractivity contribution in [3.05, 3.63) is 97.2 Å². The normalized spacial score (nSPS) is 15.8. The summed E-state index contributed by atoms with van der Waals surface area (Å²) < 4.78 is 53.0. The first-order valence-corrected chi connectivity index (χ1v) is 27.6. The van der Waals surface area contributed by atoms with E-state index in [9.17, 15) is 43.8 Å². The smallest absolute Gasteiger partial charge is 0.463 e. The van der Waals surface area contributed by atoms with Gasteiger partial charge in [0.15, 0.2) is 0 Å². The maximum atomic E-state index is 12.2. The van der Waals surface area contributed by atoms with Crippen LogP contribution in [0.1, 0.15) is 155 Å². The number of aliphatic hydroxyl groups excluding tert-OH is 3. The Morgan fingerprint density at radius 3 is 1.13 bits per heavy atom. The number of carbonyl (C=O) groups excluding carboxylic acids is 2. The summed E-state index contributed by atoms with van der Waals surface area (Å²) in [6.45, 7) is 0.186. The van der Waals surface area contributed by atoms with E-state index in [0.717, 1.165) is 96.3 Å². The highest BCUT2D eigenvalue weighted by atomic mass is 31.2. The number of allylic oxidation sites excluding steroid dienone is 16. The van der Waals surface area contributed by atoms with Crippen LogP contribution in [0.15, 0.2) is 97.2 Å². The van der Waals surface area contributed by atoms with Crippen molar-refractivity contribution in [2.75, 3.05) is 39.6 Å². The third-order valence-electron chi connectivity index (χ3n) is 9.55. The molecule has 0 spiro atoms. The summed E-state index contributed by atoms with van der Waals surface area (Å²) in [5.41, 5.74) is 0. The van der Waals surface area contributed by atoms with Gasteiger partial charge in [-0.2, -0.15) is 0 Å². The minimum atomic E-state index is -4.80. The van der Waals surface area contributed by atoms with E-state index in [4.69, 9.17) is 9.47 Å². The third-order valence-corrected chi connectivity index (χ3v) is 11.5. The SMILES string of the molecule is CC/C=C\C/C=C\C/C=C\C/C=C\C/C=C\C/C=C\CCCCC(=O)OCC(O)COP(=O)(O)OCC(O)COP(=O)(O)OCC(O)COC(=O)CCCCCCCC/C=C/C=C/CCCCC. The second-order valence-electron chi connectivity index (χ2n) is 16.1. The van der Waals surface area contributed by atoms with Gasteiger partial charge in [-0.05, 0) is 89.9 Å². The van der Waals surface area contributed by atoms with Crippen LogP contribution in [0, 0.1) is 0 Å². The van der Waals surface area contributed by atoms with Crippen molar-refractivity contribution < 1.29 is 71.4 Å². The van der Waals surface area contributed by atoms with E-state index < -0.39 is 85.5 Å². The van der Waals surface area contributed by atoms with Gasteiger partial charge in [0.25, 0.3) is 0 Å². The van der Waals surface area contributed by atoms with Gasteiger partial charge in [0.1, 0.15) is 31.5 Å². The van der Waals surface area contributed by atoms with Crippen LogP contribution in [0.2, 0.25) is 0 Å². The molecule has 0 fully saturated rings. The van der Waals surface area contributed by atoms with Gasteiger partial charge >= 0.3 is 27.6 Å². The molecule has 0 heterocycles. The molecule has 0 rings (SSSR count). The number of hydrogen-bond acceptors (Lipinski definition) is 13. The average Bonchev–Trinajstić information content (AvgIpc) is 3.31. The van der Waals surface area contributed by atoms with Crippen LogP contribution in [-0.2, 0) is 46.3 Å². The number of hydrogen-bond donors (Lipinski definition) is 5. The first kappa shape index (κ1) is 65.0. The molecule has 0 aliphatic carbocycles. The standard InChI is InChI=1S/C51H86O15P2/c1-3-5-7-9-11-13-15-17-19-20-21-22-23-24-26-28-30-32-34-36-38-40-51(56)62-42-48(53)44-64-68(59,60)66-46-49(54)45-65-67(57,58)63-43-47(52)41-61-50(55)39-37-35-33-31-29-27-25-18-16-14-12-10-8-6-4-2/h5,7,11-14,16-19,21-22,24,26,30,32,47-49,52-54H,3-4,6,8-10,15,20,23,25,27-29,31,33-46H2,1-2H3,(H,57,58)(H,59,60)/b7-5-,13-11-,14-12+,18-16+,19-17-,22-21-,26-24-,32-30-. The molecule has 0 aromatic carbocycles. The first-order valence-electron chi connectivity index (χ1n) is 24.6. The van der Waals surface area contributed by atoms with Gasteiger partial charge in [-0.1, -0.05) is 150 Å². The number of rotatable bonds is 46. The van der Waals surface area contributed by atoms with E-state index in [2.05, 4.69) is 129 Å². The Morgan fingerprint density at radius 1 is 0.412 bits per heavy atom. The van der Waals surface area contributed by atoms with Crippen molar-refractivity contribution in [3.63, 3.8) is 0 Å². The largest absolute Gasteiger partial charge is 0.472 e. The van der Waals surface area contributed by atoms with Crippen molar-refractivity contribution >= 4 is 27.6 Å². The molecule has 0 aromatic heterocycles. The van der Waals surface area contributed by atoms with Gasteiger partial charge in [0.2, 0.25) is 0 Å². The second-order valence-corrected chi connectivity index (χ2v) is 19.0. The van der Waals surface area contributed by atoms with Gasteiger partial charge < -0.3 is 34.6 Å². The molecular weight excluding hydrogens is 914 g/mol. The zero-order chi connectivity index (χ0) is 50.2. The lowest BCUT2D eigenvalue weighted by molar-refractivity contribution is -0.148. The van der Waals surface area contributed by atoms with Gasteiger partial charge in [-0.3, -0.25) is 27.7 Å². The highest BCUT2D eigenvalue weighted by Crippen LogP contribution is 2.45. The molecule has 390 valence electrons. The minimum Gasteiger partial charge on any atom is -0.463 e. The van der Waals surface area contributed by atoms with Crippen LogP contribution < -0.4 is 0 Å². The molecule has 5 unspecified atom stereocenters. The average molecular weight is 1000 g/mol. The topological polar surface area (TPSA) is 225 Å². The summed E-state index contributed by atoms with van der Waals surface area (Å²) >= 11 is 0. The van der Waals surface area contributed by atoms with Crippen molar-refractivity contribution in [3.8, 4) is 0 Å². The lowest BCUT2D eigenvalue weighted by Gasteiger charge is -2.19. The van der Waals surface area contributed by atoms with Crippen molar-refractivity contribution in [1.29, 1.82) is 0 Å². The predicted molar refractivity (Wildman–Crippen MR) is 269 cm³/mol. The quantitative estimate of drug-likeness (QED) is 0.0126. The number of aliphatic hydroxyl groups is 3. The summed E-state index contributed by atoms with van der Waals surface area (Å²) in [6, 6.07) is 0. The van der Waals surface area contributed by atoms with Crippen LogP contribution in [0.5, 0.6) is 0 Å². The van der Waals surface area contributed by atoms with Crippen molar-refractivity contribution in [2.45, 2.75) is 173 Å². The molecule has 15 nitrogen and oxygen atoms in total. The van der Waals surface area contributed by atoms with E-state index in [1.165, 1.54) is 19.3 Å². The molecule has 17 heteroatoms. The Balaban J connectivity index is 3.96. The van der Waals surface area contributed by atoms with Crippen LogP contribution in [0.25, 0.3) is 0 Å². The van der Waals surface area contributed by atoms with E-state index in [-0.39, 0.29) is 12.8 Å². The maximum absolute atomic E-state index is 12.2. The van der Waals surface area contributed by atoms with Gasteiger partial charge in [-0.25, -0.2) is 9.13 Å². The Kier molecular flexibility index (Phi) is 44.3. The summed E-state index contributed by atoms with van der Waals surface area (Å²) in [5, 5.41) is 30.0. The van der Waals surface area contributed by atoms with Crippen LogP contribution in [0.3, 0.4) is 0 Å². The Morgan fingerprint density at radius 2 is 0.721 bits per heavy atom. The first-order chi connectivity index (χ1) is 32.8. The van der Waals surface area contributed by atoms with E-state index in [1.807, 2.05) is 0 Å². The Labute approximate surface area is 408 Å². The summed E-state index contributed by atoms with van der Waals surface area (Å²) in [6.07, 6.45) is 49.6. The molecule has 68 heavy (non-hydrogen) atoms. The molecule has 5 N–H and O–H groups in total. The molecular formula is C51H86O15P2. The zero-order valence-electron chi connectivity index (χ0n) is 41.0. The molecule has 0 aromatic rings. The number of phosphoric ester groups is 2. The Bertz CT molecular complexity index is 1590. The molecule has 0 aliphatic heterocycles. The molecule has 0 amide bonds. The maximum Gasteiger partial charge on any atom is 0.472 e. The summed E-state index contributed by atoms with van der Waals surface area (Å²) in [4.78, 5) is 43.8. The van der Waals surface area contributed by atoms with E-state index in [0.29, 0.717) is 12.8 Å². The van der Waals surface area contributed by atoms with Crippen molar-refractivity contribution in [2.24, 2.45) is 0 Å². The van der Waals surface area contributed by atoms with Gasteiger partial charge in [0.05, 0.1) is 26.4 Å². The number of carbonyl (C=O) groups is 2. The van der Waals surface area contributed by atoms with Crippen LogP contribution >= 0.6 is 15.6 Å². The minimum absolute atomic E-state index is 0.136. The fourth-order valence-corrected chi connectivity index (χ4v) is 7.32. The molecule has 0 bridgehead atoms. The van der Waals surface area contributed by atoms with Crippen LogP contribution in [0.4, 0.5) is 0 Å². The lowest BCUT2D eigenvalue weighted by Crippen LogP contribution is -2.25. The predicted octanol–water partition coefficient (Wildman–Crippen LogP) is 11.5. The molecule has 0 aliphatic rings. The second kappa shape index (κ2) is 46.3. The molecule has 5 atom stereocenters. The summed E-state index contributed by atoms with van der Waals surface area (Å²) in [7, 11) is -9.60. The summed E-state index contributed by atoms with van der Waals surface area (Å²) in [5.74, 6) is -1.05. The molecule has 0 saturated carbocycles. The number of esters is 2. The highest BCUT2D eigenvalue weighted by molar-refractivity contribution is 7.47. The fourth-order valence-electron chi connectivity index (χ4n) is 5.73. The highest BCUT2D eigenvalue weighted by Gasteiger charge is 2.28. The molecule has 0 saturated heterocycles. The molecule has 0 radical (unpaired) electrons. The van der Waals surface area contributed by atoms with Crippen molar-refractivity contribution in [1.82, 2.24) is 0 Å². The fraction of sp³-hybridized carbons (Fsp3) is 0.647. The van der Waals surface area contributed by atoms with Gasteiger partial charge in [-0.15, -0.1) is 0 Å².